The Morgan fingerprint density at radius 1 is 1.70 bits per heavy atom. The number of carbonyl (C=O) groups is 1. The zero-order chi connectivity index (χ0) is 8.36. The number of nitrogens with two attached hydrogens (primary N) is 3. The van der Waals surface area contributed by atoms with Crippen LogP contribution in [0.3, 0.4) is 0 Å². The van der Waals surface area contributed by atoms with Crippen LogP contribution in [0.25, 0.3) is 0 Å². The Labute approximate surface area is 58.5 Å². The predicted molar refractivity (Wildman–Crippen MR) is 36.9 cm³/mol. The summed E-state index contributed by atoms with van der Waals surface area (Å²) in [5.41, 5.74) is 13.5. The van der Waals surface area contributed by atoms with Crippen molar-refractivity contribution < 1.29 is 9.90 Å². The van der Waals surface area contributed by atoms with Crippen molar-refractivity contribution in [2.75, 3.05) is 0 Å². The summed E-state index contributed by atoms with van der Waals surface area (Å²) in [5, 5.41) is 8.36. The van der Waals surface area contributed by atoms with Gasteiger partial charge in [-0.15, -0.1) is 6.58 Å². The van der Waals surface area contributed by atoms with Gasteiger partial charge in [-0.1, -0.05) is 6.08 Å². The molecule has 58 valence electrons. The lowest BCUT2D eigenvalue weighted by atomic mass is 10.0. The third-order valence-electron chi connectivity index (χ3n) is 1.18. The molecule has 0 aromatic rings. The highest BCUT2D eigenvalue weighted by molar-refractivity contribution is 5.79. The van der Waals surface area contributed by atoms with Crippen molar-refractivity contribution in [3.8, 4) is 0 Å². The lowest BCUT2D eigenvalue weighted by molar-refractivity contribution is -0.143. The SMILES string of the molecule is C=CC(N)C(N)(N)C(=O)O. The molecule has 0 aliphatic carbocycles. The fourth-order valence-electron chi connectivity index (χ4n) is 0.338. The van der Waals surface area contributed by atoms with Crippen LogP contribution < -0.4 is 17.2 Å². The van der Waals surface area contributed by atoms with Crippen molar-refractivity contribution in [1.82, 2.24) is 0 Å². The Balaban J connectivity index is 4.38. The normalized spacial score (nSPS) is 14.3. The smallest absolute Gasteiger partial charge is 0.340 e. The summed E-state index contributed by atoms with van der Waals surface area (Å²) in [6.45, 7) is 3.26. The number of hydrogen-bond acceptors (Lipinski definition) is 4. The van der Waals surface area contributed by atoms with E-state index in [0.717, 1.165) is 0 Å². The maximum absolute atomic E-state index is 10.2. The zero-order valence-electron chi connectivity index (χ0n) is 5.45. The first-order valence-electron chi connectivity index (χ1n) is 2.62. The maximum Gasteiger partial charge on any atom is 0.340 e. The third-order valence-corrected chi connectivity index (χ3v) is 1.18. The Morgan fingerprint density at radius 2 is 2.10 bits per heavy atom. The molecule has 0 aliphatic heterocycles. The molecule has 5 heteroatoms. The second kappa shape index (κ2) is 2.78. The topological polar surface area (TPSA) is 115 Å². The Kier molecular flexibility index (Phi) is 2.53. The summed E-state index contributed by atoms with van der Waals surface area (Å²) in [4.78, 5) is 10.2. The van der Waals surface area contributed by atoms with Gasteiger partial charge in [-0.2, -0.15) is 0 Å². The molecule has 10 heavy (non-hydrogen) atoms. The highest BCUT2D eigenvalue weighted by Crippen LogP contribution is 1.96. The van der Waals surface area contributed by atoms with Crippen LogP contribution in [0.15, 0.2) is 12.7 Å². The summed E-state index contributed by atoms with van der Waals surface area (Å²) >= 11 is 0. The van der Waals surface area contributed by atoms with Gasteiger partial charge in [0.1, 0.15) is 0 Å². The van der Waals surface area contributed by atoms with Gasteiger partial charge in [0, 0.05) is 0 Å². The molecule has 5 nitrogen and oxygen atoms in total. The number of hydrogen-bond donors (Lipinski definition) is 4. The molecule has 0 rings (SSSR count). The lowest BCUT2D eigenvalue weighted by Crippen LogP contribution is -2.66. The molecule has 0 bridgehead atoms. The molecular formula is C5H11N3O2. The van der Waals surface area contributed by atoms with Crippen LogP contribution in [0, 0.1) is 0 Å². The van der Waals surface area contributed by atoms with E-state index < -0.39 is 17.7 Å². The van der Waals surface area contributed by atoms with Crippen LogP contribution in [0.5, 0.6) is 0 Å². The van der Waals surface area contributed by atoms with Crippen molar-refractivity contribution in [1.29, 1.82) is 0 Å². The molecule has 0 fully saturated rings. The van der Waals surface area contributed by atoms with Gasteiger partial charge < -0.3 is 22.3 Å². The van der Waals surface area contributed by atoms with Gasteiger partial charge in [-0.3, -0.25) is 0 Å². The second-order valence-electron chi connectivity index (χ2n) is 2.00. The molecule has 0 spiro atoms. The summed E-state index contributed by atoms with van der Waals surface area (Å²) in [7, 11) is 0. The molecule has 0 aromatic carbocycles. The van der Waals surface area contributed by atoms with Crippen molar-refractivity contribution in [3.63, 3.8) is 0 Å². The second-order valence-corrected chi connectivity index (χ2v) is 2.00. The minimum atomic E-state index is -1.91. The molecular weight excluding hydrogens is 134 g/mol. The number of aliphatic carboxylic acids is 1. The minimum absolute atomic E-state index is 0.940. The van der Waals surface area contributed by atoms with Crippen LogP contribution >= 0.6 is 0 Å². The van der Waals surface area contributed by atoms with Crippen LogP contribution in [-0.2, 0) is 4.79 Å². The fourth-order valence-corrected chi connectivity index (χ4v) is 0.338. The monoisotopic (exact) mass is 145 g/mol. The molecule has 1 unspecified atom stereocenters. The average molecular weight is 145 g/mol. The molecule has 7 N–H and O–H groups in total. The van der Waals surface area contributed by atoms with Crippen molar-refractivity contribution in [2.24, 2.45) is 17.2 Å². The quantitative estimate of drug-likeness (QED) is 0.276. The van der Waals surface area contributed by atoms with E-state index in [9.17, 15) is 4.79 Å². The first-order valence-corrected chi connectivity index (χ1v) is 2.62. The summed E-state index contributed by atoms with van der Waals surface area (Å²) < 4.78 is 0. The number of carboxylic acid groups (broad SMARTS) is 1. The summed E-state index contributed by atoms with van der Waals surface area (Å²) in [6, 6.07) is -0.940. The van der Waals surface area contributed by atoms with E-state index >= 15 is 0 Å². The lowest BCUT2D eigenvalue weighted by Gasteiger charge is -2.23. The maximum atomic E-state index is 10.2. The largest absolute Gasteiger partial charge is 0.479 e. The molecule has 0 aromatic heterocycles. The summed E-state index contributed by atoms with van der Waals surface area (Å²) in [6.07, 6.45) is 1.19. The average Bonchev–Trinajstić information content (AvgIpc) is 1.86. The van der Waals surface area contributed by atoms with Crippen molar-refractivity contribution in [2.45, 2.75) is 11.7 Å². The zero-order valence-corrected chi connectivity index (χ0v) is 5.45. The molecule has 0 aliphatic rings. The van der Waals surface area contributed by atoms with Crippen molar-refractivity contribution in [3.05, 3.63) is 12.7 Å². The Hall–Kier alpha value is -0.910. The standard InChI is InChI=1S/C5H11N3O2/c1-2-3(6)5(7,8)4(9)10/h2-3H,1,6-8H2,(H,9,10). The van der Waals surface area contributed by atoms with E-state index in [1.807, 2.05) is 0 Å². The van der Waals surface area contributed by atoms with E-state index in [1.54, 1.807) is 0 Å². The van der Waals surface area contributed by atoms with E-state index in [-0.39, 0.29) is 0 Å². The number of rotatable bonds is 3. The minimum Gasteiger partial charge on any atom is -0.479 e. The predicted octanol–water partition coefficient (Wildman–Crippen LogP) is -1.80. The van der Waals surface area contributed by atoms with E-state index in [1.165, 1.54) is 6.08 Å². The molecule has 0 saturated carbocycles. The van der Waals surface area contributed by atoms with Crippen LogP contribution in [0.1, 0.15) is 0 Å². The molecule has 0 saturated heterocycles. The van der Waals surface area contributed by atoms with Gasteiger partial charge in [0.15, 0.2) is 5.66 Å². The molecule has 0 radical (unpaired) electrons. The fraction of sp³-hybridized carbons (Fsp3) is 0.400. The highest BCUT2D eigenvalue weighted by atomic mass is 16.4. The van der Waals surface area contributed by atoms with Crippen LogP contribution in [-0.4, -0.2) is 22.8 Å². The molecule has 0 heterocycles. The van der Waals surface area contributed by atoms with Crippen LogP contribution in [0.2, 0.25) is 0 Å². The Bertz CT molecular complexity index is 155. The van der Waals surface area contributed by atoms with Gasteiger partial charge in [-0.05, 0) is 0 Å². The van der Waals surface area contributed by atoms with E-state index in [4.69, 9.17) is 22.3 Å². The van der Waals surface area contributed by atoms with Crippen molar-refractivity contribution >= 4 is 5.97 Å². The highest BCUT2D eigenvalue weighted by Gasteiger charge is 2.34. The van der Waals surface area contributed by atoms with E-state index in [2.05, 4.69) is 6.58 Å². The van der Waals surface area contributed by atoms with Gasteiger partial charge in [-0.25, -0.2) is 4.79 Å². The first kappa shape index (κ1) is 9.09. The van der Waals surface area contributed by atoms with Gasteiger partial charge >= 0.3 is 5.97 Å². The van der Waals surface area contributed by atoms with Gasteiger partial charge in [0.05, 0.1) is 6.04 Å². The first-order chi connectivity index (χ1) is 4.42. The third kappa shape index (κ3) is 1.53. The summed E-state index contributed by atoms with van der Waals surface area (Å²) in [5.74, 6) is -1.35. The van der Waals surface area contributed by atoms with Gasteiger partial charge in [0.2, 0.25) is 0 Å². The number of carboxylic acids is 1. The molecule has 0 amide bonds. The molecule has 1 atom stereocenters. The van der Waals surface area contributed by atoms with Crippen LogP contribution in [0.4, 0.5) is 0 Å². The van der Waals surface area contributed by atoms with Gasteiger partial charge in [0.25, 0.3) is 0 Å². The Morgan fingerprint density at radius 3 is 2.20 bits per heavy atom. The van der Waals surface area contributed by atoms with E-state index in [0.29, 0.717) is 0 Å².